The molecular formula is C12H13NOS. The number of hydrogen-bond acceptors (Lipinski definition) is 3. The van der Waals surface area contributed by atoms with E-state index in [4.69, 9.17) is 0 Å². The molecule has 0 atom stereocenters. The number of nitrogens with one attached hydrogen (secondary N) is 1. The third-order valence-corrected chi connectivity index (χ3v) is 3.35. The molecular weight excluding hydrogens is 206 g/mol. The number of benzene rings is 1. The van der Waals surface area contributed by atoms with Gasteiger partial charge in [-0.2, -0.15) is 0 Å². The second-order valence-corrected chi connectivity index (χ2v) is 4.33. The lowest BCUT2D eigenvalue weighted by Gasteiger charge is -1.98. The first-order valence-corrected chi connectivity index (χ1v) is 5.85. The highest BCUT2D eigenvalue weighted by Gasteiger charge is 2.10. The van der Waals surface area contributed by atoms with Gasteiger partial charge in [-0.3, -0.25) is 4.79 Å². The molecule has 15 heavy (non-hydrogen) atoms. The van der Waals surface area contributed by atoms with Crippen LogP contribution in [0.5, 0.6) is 0 Å². The molecule has 2 aromatic rings. The van der Waals surface area contributed by atoms with E-state index in [1.807, 2.05) is 30.6 Å². The van der Waals surface area contributed by atoms with Crippen LogP contribution in [-0.2, 0) is 0 Å². The van der Waals surface area contributed by atoms with Crippen molar-refractivity contribution in [3.8, 4) is 0 Å². The lowest BCUT2D eigenvalue weighted by molar-refractivity contribution is 0.0985. The molecule has 0 aliphatic carbocycles. The maximum Gasteiger partial charge on any atom is 0.165 e. The molecule has 0 amide bonds. The molecule has 78 valence electrons. The number of fused-ring (bicyclic) bond motifs is 1. The van der Waals surface area contributed by atoms with E-state index in [2.05, 4.69) is 11.4 Å². The molecule has 0 unspecified atom stereocenters. The molecule has 0 aliphatic heterocycles. The van der Waals surface area contributed by atoms with Crippen LogP contribution in [0.1, 0.15) is 16.8 Å². The second-order valence-electron chi connectivity index (χ2n) is 3.42. The van der Waals surface area contributed by atoms with E-state index in [9.17, 15) is 4.79 Å². The molecule has 0 spiro atoms. The maximum absolute atomic E-state index is 11.8. The van der Waals surface area contributed by atoms with Gasteiger partial charge < -0.3 is 5.32 Å². The van der Waals surface area contributed by atoms with Crippen LogP contribution in [0.2, 0.25) is 0 Å². The molecule has 0 bridgehead atoms. The molecule has 3 heteroatoms. The van der Waals surface area contributed by atoms with Crippen molar-refractivity contribution in [2.45, 2.75) is 6.42 Å². The van der Waals surface area contributed by atoms with Gasteiger partial charge in [-0.15, -0.1) is 11.3 Å². The third-order valence-electron chi connectivity index (χ3n) is 2.38. The van der Waals surface area contributed by atoms with Gasteiger partial charge in [0, 0.05) is 34.0 Å². The lowest BCUT2D eigenvalue weighted by Crippen LogP contribution is -2.12. The molecule has 2 rings (SSSR count). The number of hydrogen-bond donors (Lipinski definition) is 1. The van der Waals surface area contributed by atoms with Gasteiger partial charge in [0.25, 0.3) is 0 Å². The molecule has 1 aromatic carbocycles. The van der Waals surface area contributed by atoms with Gasteiger partial charge in [0.2, 0.25) is 0 Å². The van der Waals surface area contributed by atoms with E-state index < -0.39 is 0 Å². The molecule has 0 radical (unpaired) electrons. The van der Waals surface area contributed by atoms with Gasteiger partial charge >= 0.3 is 0 Å². The second kappa shape index (κ2) is 4.55. The quantitative estimate of drug-likeness (QED) is 0.801. The van der Waals surface area contributed by atoms with Crippen molar-refractivity contribution in [3.05, 3.63) is 35.2 Å². The van der Waals surface area contributed by atoms with Crippen molar-refractivity contribution in [1.29, 1.82) is 0 Å². The molecule has 1 heterocycles. The molecule has 0 saturated carbocycles. The highest BCUT2D eigenvalue weighted by molar-refractivity contribution is 7.17. The van der Waals surface area contributed by atoms with E-state index in [0.29, 0.717) is 6.42 Å². The van der Waals surface area contributed by atoms with Crippen LogP contribution in [0.25, 0.3) is 10.1 Å². The van der Waals surface area contributed by atoms with E-state index >= 15 is 0 Å². The average molecular weight is 219 g/mol. The minimum atomic E-state index is 0.224. The summed E-state index contributed by atoms with van der Waals surface area (Å²) in [6.07, 6.45) is 0.567. The van der Waals surface area contributed by atoms with Crippen LogP contribution in [0, 0.1) is 0 Å². The van der Waals surface area contributed by atoms with Gasteiger partial charge in [0.05, 0.1) is 0 Å². The van der Waals surface area contributed by atoms with Gasteiger partial charge in [-0.05, 0) is 13.1 Å². The van der Waals surface area contributed by atoms with Crippen LogP contribution in [0.4, 0.5) is 0 Å². The normalized spacial score (nSPS) is 10.7. The molecule has 2 nitrogen and oxygen atoms in total. The minimum absolute atomic E-state index is 0.224. The summed E-state index contributed by atoms with van der Waals surface area (Å²) in [6.45, 7) is 0.739. The fourth-order valence-electron chi connectivity index (χ4n) is 1.57. The van der Waals surface area contributed by atoms with Crippen molar-refractivity contribution in [3.63, 3.8) is 0 Å². The Hall–Kier alpha value is -1.19. The smallest absolute Gasteiger partial charge is 0.165 e. The summed E-state index contributed by atoms with van der Waals surface area (Å²) in [5, 5.41) is 6.04. The Morgan fingerprint density at radius 1 is 1.40 bits per heavy atom. The first-order chi connectivity index (χ1) is 7.33. The molecule has 1 N–H and O–H groups in total. The minimum Gasteiger partial charge on any atom is -0.319 e. The first-order valence-electron chi connectivity index (χ1n) is 4.97. The van der Waals surface area contributed by atoms with Gasteiger partial charge in [0.1, 0.15) is 0 Å². The summed E-state index contributed by atoms with van der Waals surface area (Å²) >= 11 is 1.63. The SMILES string of the molecule is CNCCC(=O)c1csc2ccccc12. The number of thiophene rings is 1. The number of rotatable bonds is 4. The fourth-order valence-corrected chi connectivity index (χ4v) is 2.53. The zero-order valence-corrected chi connectivity index (χ0v) is 9.43. The van der Waals surface area contributed by atoms with Crippen LogP contribution < -0.4 is 5.32 Å². The predicted molar refractivity (Wildman–Crippen MR) is 64.7 cm³/mol. The third kappa shape index (κ3) is 2.08. The summed E-state index contributed by atoms with van der Waals surface area (Å²) in [5.74, 6) is 0.224. The standard InChI is InChI=1S/C12H13NOS/c1-13-7-6-11(14)10-8-15-12-5-3-2-4-9(10)12/h2-5,8,13H,6-7H2,1H3. The Labute approximate surface area is 92.9 Å². The van der Waals surface area contributed by atoms with Crippen LogP contribution in [0.15, 0.2) is 29.6 Å². The van der Waals surface area contributed by atoms with Crippen molar-refractivity contribution in [1.82, 2.24) is 5.32 Å². The Bertz CT molecular complexity index is 475. The topological polar surface area (TPSA) is 29.1 Å². The molecule has 0 saturated heterocycles. The van der Waals surface area contributed by atoms with Crippen LogP contribution in [0.3, 0.4) is 0 Å². The predicted octanol–water partition coefficient (Wildman–Crippen LogP) is 2.69. The lowest BCUT2D eigenvalue weighted by atomic mass is 10.1. The van der Waals surface area contributed by atoms with E-state index in [1.165, 1.54) is 4.70 Å². The van der Waals surface area contributed by atoms with Crippen LogP contribution in [-0.4, -0.2) is 19.4 Å². The Morgan fingerprint density at radius 3 is 3.00 bits per heavy atom. The van der Waals surface area contributed by atoms with Gasteiger partial charge in [0.15, 0.2) is 5.78 Å². The van der Waals surface area contributed by atoms with Crippen molar-refractivity contribution in [2.24, 2.45) is 0 Å². The Balaban J connectivity index is 2.31. The summed E-state index contributed by atoms with van der Waals surface area (Å²) in [6, 6.07) is 8.04. The molecule has 0 aliphatic rings. The summed E-state index contributed by atoms with van der Waals surface area (Å²) < 4.78 is 1.19. The molecule has 0 fully saturated rings. The Morgan fingerprint density at radius 2 is 2.20 bits per heavy atom. The Kier molecular flexibility index (Phi) is 3.14. The van der Waals surface area contributed by atoms with E-state index in [1.54, 1.807) is 11.3 Å². The maximum atomic E-state index is 11.8. The summed E-state index contributed by atoms with van der Waals surface area (Å²) in [7, 11) is 1.86. The van der Waals surface area contributed by atoms with Crippen molar-refractivity contribution in [2.75, 3.05) is 13.6 Å². The van der Waals surface area contributed by atoms with Crippen LogP contribution >= 0.6 is 11.3 Å². The number of Topliss-reactive ketones (excluding diaryl/α,β-unsaturated/α-hetero) is 1. The zero-order valence-electron chi connectivity index (χ0n) is 8.62. The number of carbonyl (C=O) groups excluding carboxylic acids is 1. The highest BCUT2D eigenvalue weighted by atomic mass is 32.1. The monoisotopic (exact) mass is 219 g/mol. The fraction of sp³-hybridized carbons (Fsp3) is 0.250. The number of ketones is 1. The van der Waals surface area contributed by atoms with Gasteiger partial charge in [-0.25, -0.2) is 0 Å². The number of carbonyl (C=O) groups is 1. The van der Waals surface area contributed by atoms with E-state index in [-0.39, 0.29) is 5.78 Å². The van der Waals surface area contributed by atoms with Crippen molar-refractivity contribution < 1.29 is 4.79 Å². The average Bonchev–Trinajstić information content (AvgIpc) is 2.69. The zero-order chi connectivity index (χ0) is 10.7. The van der Waals surface area contributed by atoms with E-state index in [0.717, 1.165) is 17.5 Å². The largest absolute Gasteiger partial charge is 0.319 e. The molecule has 1 aromatic heterocycles. The summed E-state index contributed by atoms with van der Waals surface area (Å²) in [4.78, 5) is 11.8. The van der Waals surface area contributed by atoms with Gasteiger partial charge in [-0.1, -0.05) is 18.2 Å². The highest BCUT2D eigenvalue weighted by Crippen LogP contribution is 2.26. The first kappa shape index (κ1) is 10.3. The summed E-state index contributed by atoms with van der Waals surface area (Å²) in [5.41, 5.74) is 0.867. The van der Waals surface area contributed by atoms with Crippen molar-refractivity contribution >= 4 is 27.2 Å².